The Morgan fingerprint density at radius 3 is 2.57 bits per heavy atom. The van der Waals surface area contributed by atoms with Gasteiger partial charge in [-0.15, -0.1) is 0 Å². The molecule has 0 aromatic carbocycles. The zero-order chi connectivity index (χ0) is 16.1. The molecule has 1 aliphatic rings. The number of nitrogens with one attached hydrogen (secondary N) is 2. The van der Waals surface area contributed by atoms with Crippen LogP contribution in [0.25, 0.3) is 0 Å². The first-order valence-electron chi connectivity index (χ1n) is 7.51. The summed E-state index contributed by atoms with van der Waals surface area (Å²) in [5.41, 5.74) is -0.122. The van der Waals surface area contributed by atoms with Gasteiger partial charge in [-0.25, -0.2) is 15.1 Å². The van der Waals surface area contributed by atoms with Crippen molar-refractivity contribution in [2.45, 2.75) is 37.8 Å². The summed E-state index contributed by atoms with van der Waals surface area (Å²) in [5.74, 6) is -0.281. The van der Waals surface area contributed by atoms with Gasteiger partial charge in [0.15, 0.2) is 0 Å². The van der Waals surface area contributed by atoms with Crippen LogP contribution in [0, 0.1) is 0 Å². The number of carbonyl (C=O) groups is 1. The van der Waals surface area contributed by atoms with Crippen molar-refractivity contribution < 1.29 is 9.53 Å². The van der Waals surface area contributed by atoms with Crippen LogP contribution in [0.5, 0.6) is 6.01 Å². The van der Waals surface area contributed by atoms with E-state index in [0.29, 0.717) is 6.01 Å². The van der Waals surface area contributed by atoms with Crippen LogP contribution < -0.4 is 15.6 Å². The van der Waals surface area contributed by atoms with Gasteiger partial charge >= 0.3 is 6.01 Å². The molecule has 23 heavy (non-hydrogen) atoms. The molecule has 0 atom stereocenters. The average molecular weight is 315 g/mol. The van der Waals surface area contributed by atoms with Crippen LogP contribution >= 0.6 is 0 Å². The lowest BCUT2D eigenvalue weighted by Crippen LogP contribution is -2.40. The predicted octanol–water partition coefficient (Wildman–Crippen LogP) is 0.680. The second kappa shape index (κ2) is 6.99. The molecule has 1 saturated carbocycles. The number of aromatic nitrogens is 4. The summed E-state index contributed by atoms with van der Waals surface area (Å²) in [5, 5.41) is 8.90. The highest BCUT2D eigenvalue weighted by molar-refractivity contribution is 5.92. The minimum absolute atomic E-state index is 0.0664. The Morgan fingerprint density at radius 2 is 1.91 bits per heavy atom. The maximum atomic E-state index is 12.0. The van der Waals surface area contributed by atoms with Gasteiger partial charge in [0.25, 0.3) is 11.5 Å². The van der Waals surface area contributed by atoms with E-state index in [9.17, 15) is 9.59 Å². The summed E-state index contributed by atoms with van der Waals surface area (Å²) in [6.07, 6.45) is 6.62. The van der Waals surface area contributed by atoms with E-state index in [1.54, 1.807) is 18.5 Å². The molecule has 3 rings (SSSR count). The highest BCUT2D eigenvalue weighted by atomic mass is 16.5. The molecular formula is C15H17N5O3. The largest absolute Gasteiger partial charge is 0.460 e. The van der Waals surface area contributed by atoms with Crippen molar-refractivity contribution in [3.63, 3.8) is 0 Å². The molecule has 2 aromatic heterocycles. The third-order valence-corrected chi connectivity index (χ3v) is 3.74. The van der Waals surface area contributed by atoms with Crippen LogP contribution in [-0.4, -0.2) is 38.2 Å². The average Bonchev–Trinajstić information content (AvgIpc) is 2.58. The fourth-order valence-electron chi connectivity index (χ4n) is 2.55. The van der Waals surface area contributed by atoms with Crippen LogP contribution in [0.2, 0.25) is 0 Å². The summed E-state index contributed by atoms with van der Waals surface area (Å²) < 4.78 is 5.72. The van der Waals surface area contributed by atoms with Crippen LogP contribution in [0.1, 0.15) is 36.2 Å². The Balaban J connectivity index is 1.48. The number of aromatic amines is 1. The van der Waals surface area contributed by atoms with Crippen LogP contribution in [0.3, 0.4) is 0 Å². The van der Waals surface area contributed by atoms with Gasteiger partial charge < -0.3 is 10.1 Å². The first-order chi connectivity index (χ1) is 11.2. The van der Waals surface area contributed by atoms with Crippen molar-refractivity contribution in [2.24, 2.45) is 0 Å². The Labute approximate surface area is 132 Å². The van der Waals surface area contributed by atoms with E-state index >= 15 is 0 Å². The number of hydrogen-bond acceptors (Lipinski definition) is 6. The molecule has 0 saturated heterocycles. The third kappa shape index (κ3) is 4.12. The zero-order valence-electron chi connectivity index (χ0n) is 12.4. The molecule has 2 heterocycles. The molecule has 1 fully saturated rings. The lowest BCUT2D eigenvalue weighted by molar-refractivity contribution is 0.0879. The summed E-state index contributed by atoms with van der Waals surface area (Å²) >= 11 is 0. The molecule has 0 spiro atoms. The highest BCUT2D eigenvalue weighted by Gasteiger charge is 2.24. The molecule has 0 bridgehead atoms. The van der Waals surface area contributed by atoms with Gasteiger partial charge in [0, 0.05) is 24.5 Å². The first-order valence-corrected chi connectivity index (χ1v) is 7.51. The number of amides is 1. The second-order valence-corrected chi connectivity index (χ2v) is 5.40. The van der Waals surface area contributed by atoms with Crippen molar-refractivity contribution in [1.29, 1.82) is 0 Å². The smallest absolute Gasteiger partial charge is 0.316 e. The molecule has 1 aliphatic carbocycles. The molecule has 1 amide bonds. The molecule has 2 N–H and O–H groups in total. The number of rotatable bonds is 4. The highest BCUT2D eigenvalue weighted by Crippen LogP contribution is 2.22. The molecule has 0 unspecified atom stereocenters. The van der Waals surface area contributed by atoms with Gasteiger partial charge in [0.05, 0.1) is 0 Å². The normalized spacial score (nSPS) is 20.7. The van der Waals surface area contributed by atoms with Gasteiger partial charge in [-0.1, -0.05) is 0 Å². The van der Waals surface area contributed by atoms with E-state index in [-0.39, 0.29) is 29.3 Å². The number of H-pyrrole nitrogens is 1. The quantitative estimate of drug-likeness (QED) is 0.858. The molecule has 8 nitrogen and oxygen atoms in total. The van der Waals surface area contributed by atoms with Crippen molar-refractivity contribution in [3.8, 4) is 6.01 Å². The van der Waals surface area contributed by atoms with E-state index < -0.39 is 0 Å². The molecule has 0 radical (unpaired) electrons. The Bertz CT molecular complexity index is 690. The van der Waals surface area contributed by atoms with Gasteiger partial charge in [-0.2, -0.15) is 5.10 Å². The summed E-state index contributed by atoms with van der Waals surface area (Å²) in [7, 11) is 0. The SMILES string of the molecule is O=C(NC1CCC(Oc2ncccn2)CC1)c1ccc(=O)[nH]n1. The Hall–Kier alpha value is -2.77. The van der Waals surface area contributed by atoms with Gasteiger partial charge in [-0.3, -0.25) is 9.59 Å². The molecular weight excluding hydrogens is 298 g/mol. The minimum atomic E-state index is -0.331. The van der Waals surface area contributed by atoms with Gasteiger partial charge in [0.1, 0.15) is 11.8 Å². The lowest BCUT2D eigenvalue weighted by Gasteiger charge is -2.28. The van der Waals surface area contributed by atoms with Gasteiger partial charge in [0.2, 0.25) is 0 Å². The number of hydrogen-bond donors (Lipinski definition) is 2. The summed E-state index contributed by atoms with van der Waals surface area (Å²) in [6.45, 7) is 0. The molecule has 2 aromatic rings. The van der Waals surface area contributed by atoms with E-state index in [1.807, 2.05) is 0 Å². The monoisotopic (exact) mass is 315 g/mol. The standard InChI is InChI=1S/C15H17N5O3/c21-13-7-6-12(19-20-13)14(22)18-10-2-4-11(5-3-10)23-15-16-8-1-9-17-15/h1,6-11H,2-5H2,(H,18,22)(H,20,21). The first kappa shape index (κ1) is 15.1. The maximum absolute atomic E-state index is 12.0. The maximum Gasteiger partial charge on any atom is 0.316 e. The van der Waals surface area contributed by atoms with E-state index in [0.717, 1.165) is 25.7 Å². The van der Waals surface area contributed by atoms with Crippen LogP contribution in [0.15, 0.2) is 35.4 Å². The number of nitrogens with zero attached hydrogens (tertiary/aromatic N) is 3. The lowest BCUT2D eigenvalue weighted by atomic mass is 9.93. The van der Waals surface area contributed by atoms with E-state index in [1.165, 1.54) is 12.1 Å². The van der Waals surface area contributed by atoms with E-state index in [4.69, 9.17) is 4.74 Å². The Kier molecular flexibility index (Phi) is 4.60. The number of ether oxygens (including phenoxy) is 1. The molecule has 8 heteroatoms. The second-order valence-electron chi connectivity index (χ2n) is 5.40. The van der Waals surface area contributed by atoms with E-state index in [2.05, 4.69) is 25.5 Å². The van der Waals surface area contributed by atoms with Crippen molar-refractivity contribution in [2.75, 3.05) is 0 Å². The number of carbonyl (C=O) groups excluding carboxylic acids is 1. The zero-order valence-corrected chi connectivity index (χ0v) is 12.4. The summed E-state index contributed by atoms with van der Waals surface area (Å²) in [4.78, 5) is 31.1. The van der Waals surface area contributed by atoms with Crippen molar-refractivity contribution >= 4 is 5.91 Å². The van der Waals surface area contributed by atoms with Crippen LogP contribution in [-0.2, 0) is 0 Å². The fourth-order valence-corrected chi connectivity index (χ4v) is 2.55. The van der Waals surface area contributed by atoms with Gasteiger partial charge in [-0.05, 0) is 37.8 Å². The molecule has 0 aliphatic heterocycles. The summed E-state index contributed by atoms with van der Waals surface area (Å²) in [6, 6.07) is 4.90. The topological polar surface area (TPSA) is 110 Å². The van der Waals surface area contributed by atoms with Crippen LogP contribution in [0.4, 0.5) is 0 Å². The predicted molar refractivity (Wildman–Crippen MR) is 81.0 cm³/mol. The third-order valence-electron chi connectivity index (χ3n) is 3.74. The Morgan fingerprint density at radius 1 is 1.17 bits per heavy atom. The van der Waals surface area contributed by atoms with Crippen molar-refractivity contribution in [1.82, 2.24) is 25.5 Å². The molecule has 120 valence electrons. The van der Waals surface area contributed by atoms with Crippen molar-refractivity contribution in [3.05, 3.63) is 46.6 Å². The fraction of sp³-hybridized carbons (Fsp3) is 0.400. The minimum Gasteiger partial charge on any atom is -0.460 e.